The molecule has 0 aliphatic heterocycles. The summed E-state index contributed by atoms with van der Waals surface area (Å²) in [5.41, 5.74) is 4.91. The van der Waals surface area contributed by atoms with Crippen LogP contribution in [0.15, 0.2) is 30.3 Å². The van der Waals surface area contributed by atoms with E-state index in [1.165, 1.54) is 6.92 Å². The van der Waals surface area contributed by atoms with Crippen LogP contribution in [-0.2, 0) is 9.59 Å². The third-order valence-corrected chi connectivity index (χ3v) is 2.05. The molecule has 0 unspecified atom stereocenters. The highest BCUT2D eigenvalue weighted by Gasteiger charge is 2.05. The van der Waals surface area contributed by atoms with Crippen LogP contribution in [0.3, 0.4) is 0 Å². The molecule has 0 atom stereocenters. The Kier molecular flexibility index (Phi) is 5.37. The summed E-state index contributed by atoms with van der Waals surface area (Å²) in [5, 5.41) is 2.61. The number of benzene rings is 1. The van der Waals surface area contributed by atoms with Gasteiger partial charge in [-0.2, -0.15) is 0 Å². The van der Waals surface area contributed by atoms with Crippen LogP contribution in [0.4, 0.5) is 0 Å². The van der Waals surface area contributed by atoms with E-state index in [1.54, 1.807) is 24.3 Å². The van der Waals surface area contributed by atoms with Crippen molar-refractivity contribution < 1.29 is 14.4 Å². The minimum absolute atomic E-state index is 0.0961. The normalized spacial score (nSPS) is 9.39. The average molecular weight is 249 g/mol. The number of nitrogens with one attached hydrogen (secondary N) is 3. The van der Waals surface area contributed by atoms with Crippen LogP contribution >= 0.6 is 0 Å². The van der Waals surface area contributed by atoms with Crippen molar-refractivity contribution in [2.24, 2.45) is 0 Å². The van der Waals surface area contributed by atoms with E-state index in [2.05, 4.69) is 16.2 Å². The molecule has 6 heteroatoms. The maximum Gasteiger partial charge on any atom is 0.251 e. The van der Waals surface area contributed by atoms with Gasteiger partial charge in [0.25, 0.3) is 5.91 Å². The second-order valence-corrected chi connectivity index (χ2v) is 3.60. The molecule has 18 heavy (non-hydrogen) atoms. The zero-order valence-corrected chi connectivity index (χ0v) is 10.0. The molecule has 1 aromatic rings. The molecule has 0 saturated heterocycles. The van der Waals surface area contributed by atoms with Gasteiger partial charge in [0, 0.05) is 25.5 Å². The van der Waals surface area contributed by atoms with E-state index in [0.717, 1.165) is 0 Å². The van der Waals surface area contributed by atoms with Crippen molar-refractivity contribution in [3.63, 3.8) is 0 Å². The lowest BCUT2D eigenvalue weighted by Gasteiger charge is -2.06. The van der Waals surface area contributed by atoms with Gasteiger partial charge < -0.3 is 5.32 Å². The Labute approximate surface area is 105 Å². The summed E-state index contributed by atoms with van der Waals surface area (Å²) < 4.78 is 0. The Morgan fingerprint density at radius 2 is 1.72 bits per heavy atom. The van der Waals surface area contributed by atoms with Gasteiger partial charge in [0.2, 0.25) is 11.8 Å². The van der Waals surface area contributed by atoms with Gasteiger partial charge in [-0.1, -0.05) is 18.2 Å². The lowest BCUT2D eigenvalue weighted by molar-refractivity contribution is -0.127. The van der Waals surface area contributed by atoms with Crippen LogP contribution in [0.1, 0.15) is 23.7 Å². The highest BCUT2D eigenvalue weighted by molar-refractivity contribution is 5.94. The van der Waals surface area contributed by atoms with E-state index in [1.807, 2.05) is 6.07 Å². The number of hydrogen-bond acceptors (Lipinski definition) is 3. The van der Waals surface area contributed by atoms with Crippen molar-refractivity contribution in [2.75, 3.05) is 6.54 Å². The molecule has 96 valence electrons. The minimum atomic E-state index is -0.362. The number of hydrogen-bond donors (Lipinski definition) is 3. The van der Waals surface area contributed by atoms with Gasteiger partial charge in [0.05, 0.1) is 0 Å². The topological polar surface area (TPSA) is 87.3 Å². The third-order valence-electron chi connectivity index (χ3n) is 2.05. The molecule has 3 amide bonds. The van der Waals surface area contributed by atoms with Gasteiger partial charge in [-0.3, -0.25) is 25.2 Å². The highest BCUT2D eigenvalue weighted by Crippen LogP contribution is 1.97. The molecule has 0 bridgehead atoms. The second kappa shape index (κ2) is 7.05. The molecule has 0 heterocycles. The monoisotopic (exact) mass is 249 g/mol. The van der Waals surface area contributed by atoms with E-state index in [4.69, 9.17) is 0 Å². The minimum Gasteiger partial charge on any atom is -0.352 e. The molecular formula is C12H15N3O3. The number of amides is 3. The molecule has 0 aromatic heterocycles. The third kappa shape index (κ3) is 5.11. The fourth-order valence-corrected chi connectivity index (χ4v) is 1.20. The number of carbonyl (C=O) groups is 3. The van der Waals surface area contributed by atoms with Crippen molar-refractivity contribution in [2.45, 2.75) is 13.3 Å². The van der Waals surface area contributed by atoms with E-state index in [0.29, 0.717) is 5.56 Å². The van der Waals surface area contributed by atoms with Crippen LogP contribution in [0.25, 0.3) is 0 Å². The van der Waals surface area contributed by atoms with Crippen molar-refractivity contribution in [3.8, 4) is 0 Å². The van der Waals surface area contributed by atoms with Crippen LogP contribution in [0.5, 0.6) is 0 Å². The zero-order valence-electron chi connectivity index (χ0n) is 10.0. The summed E-state index contributed by atoms with van der Waals surface area (Å²) in [6, 6.07) is 8.72. The van der Waals surface area contributed by atoms with Gasteiger partial charge in [-0.15, -0.1) is 0 Å². The van der Waals surface area contributed by atoms with Crippen LogP contribution < -0.4 is 16.2 Å². The van der Waals surface area contributed by atoms with Crippen LogP contribution in [0, 0.1) is 0 Å². The van der Waals surface area contributed by atoms with Crippen molar-refractivity contribution in [1.29, 1.82) is 0 Å². The Hall–Kier alpha value is -2.37. The van der Waals surface area contributed by atoms with Crippen molar-refractivity contribution in [3.05, 3.63) is 35.9 Å². The number of hydrazine groups is 1. The molecule has 1 aromatic carbocycles. The Morgan fingerprint density at radius 1 is 1.06 bits per heavy atom. The summed E-state index contributed by atoms with van der Waals surface area (Å²) in [6.07, 6.45) is 0.0961. The number of carbonyl (C=O) groups excluding carboxylic acids is 3. The fourth-order valence-electron chi connectivity index (χ4n) is 1.20. The summed E-state index contributed by atoms with van der Waals surface area (Å²) in [7, 11) is 0. The van der Waals surface area contributed by atoms with Gasteiger partial charge in [0.1, 0.15) is 0 Å². The summed E-state index contributed by atoms with van der Waals surface area (Å²) in [5.74, 6) is -0.946. The lowest BCUT2D eigenvalue weighted by atomic mass is 10.2. The van der Waals surface area contributed by atoms with Crippen LogP contribution in [0.2, 0.25) is 0 Å². The molecule has 0 aliphatic rings. The smallest absolute Gasteiger partial charge is 0.251 e. The Balaban J connectivity index is 2.24. The first kappa shape index (κ1) is 13.7. The molecule has 6 nitrogen and oxygen atoms in total. The van der Waals surface area contributed by atoms with E-state index in [-0.39, 0.29) is 30.7 Å². The van der Waals surface area contributed by atoms with E-state index < -0.39 is 0 Å². The van der Waals surface area contributed by atoms with Crippen molar-refractivity contribution >= 4 is 17.7 Å². The highest BCUT2D eigenvalue weighted by atomic mass is 16.2. The first-order chi connectivity index (χ1) is 8.59. The summed E-state index contributed by atoms with van der Waals surface area (Å²) in [6.45, 7) is 1.50. The Morgan fingerprint density at radius 3 is 2.33 bits per heavy atom. The van der Waals surface area contributed by atoms with Gasteiger partial charge in [0.15, 0.2) is 0 Å². The standard InChI is InChI=1S/C12H15N3O3/c1-9(16)14-15-11(17)7-8-13-12(18)10-5-3-2-4-6-10/h2-6H,7-8H2,1H3,(H,13,18)(H,14,16)(H,15,17). The van der Waals surface area contributed by atoms with Gasteiger partial charge >= 0.3 is 0 Å². The first-order valence-corrected chi connectivity index (χ1v) is 5.48. The molecular weight excluding hydrogens is 234 g/mol. The fraction of sp³-hybridized carbons (Fsp3) is 0.250. The molecule has 0 spiro atoms. The molecule has 1 rings (SSSR count). The zero-order chi connectivity index (χ0) is 13.4. The van der Waals surface area contributed by atoms with E-state index >= 15 is 0 Å². The summed E-state index contributed by atoms with van der Waals surface area (Å²) in [4.78, 5) is 33.3. The molecule has 0 radical (unpaired) electrons. The predicted molar refractivity (Wildman–Crippen MR) is 65.4 cm³/mol. The molecule has 0 aliphatic carbocycles. The maximum atomic E-state index is 11.6. The lowest BCUT2D eigenvalue weighted by Crippen LogP contribution is -2.41. The van der Waals surface area contributed by atoms with Crippen molar-refractivity contribution in [1.82, 2.24) is 16.2 Å². The largest absolute Gasteiger partial charge is 0.352 e. The average Bonchev–Trinajstić information content (AvgIpc) is 2.37. The van der Waals surface area contributed by atoms with Crippen LogP contribution in [-0.4, -0.2) is 24.3 Å². The predicted octanol–water partition coefficient (Wildman–Crippen LogP) is -0.0262. The Bertz CT molecular complexity index is 431. The SMILES string of the molecule is CC(=O)NNC(=O)CCNC(=O)c1ccccc1. The summed E-state index contributed by atoms with van der Waals surface area (Å²) >= 11 is 0. The molecule has 0 saturated carbocycles. The van der Waals surface area contributed by atoms with Gasteiger partial charge in [-0.25, -0.2) is 0 Å². The quantitative estimate of drug-likeness (QED) is 0.655. The van der Waals surface area contributed by atoms with E-state index in [9.17, 15) is 14.4 Å². The molecule has 0 fully saturated rings. The second-order valence-electron chi connectivity index (χ2n) is 3.60. The number of rotatable bonds is 4. The molecule has 3 N–H and O–H groups in total. The maximum absolute atomic E-state index is 11.6. The van der Waals surface area contributed by atoms with Gasteiger partial charge in [-0.05, 0) is 12.1 Å². The first-order valence-electron chi connectivity index (χ1n) is 5.48.